The third-order valence-corrected chi connectivity index (χ3v) is 5.87. The number of hydrogen-bond acceptors (Lipinski definition) is 3. The fraction of sp³-hybridized carbons (Fsp3) is 0.591. The van der Waals surface area contributed by atoms with Crippen LogP contribution in [0.5, 0.6) is 0 Å². The topological polar surface area (TPSA) is 88.5 Å². The average molecular weight is 418 g/mol. The zero-order valence-electron chi connectivity index (χ0n) is 18.0. The van der Waals surface area contributed by atoms with Crippen molar-refractivity contribution >= 4 is 17.9 Å². The molecule has 0 aromatic heterocycles. The number of halogens is 1. The second kappa shape index (κ2) is 9.02. The fourth-order valence-corrected chi connectivity index (χ4v) is 4.42. The monoisotopic (exact) mass is 417 g/mol. The van der Waals surface area contributed by atoms with E-state index < -0.39 is 5.54 Å². The molecule has 1 atom stereocenters. The maximum Gasteiger partial charge on any atom is 0.317 e. The van der Waals surface area contributed by atoms with E-state index in [0.29, 0.717) is 32.0 Å². The summed E-state index contributed by atoms with van der Waals surface area (Å²) >= 11 is 0. The first-order valence-electron chi connectivity index (χ1n) is 10.6. The van der Waals surface area contributed by atoms with Gasteiger partial charge in [-0.05, 0) is 55.7 Å². The van der Waals surface area contributed by atoms with Crippen molar-refractivity contribution in [1.29, 1.82) is 5.41 Å². The normalized spacial score (nSPS) is 22.6. The number of nitrogens with zero attached hydrogens (tertiary/aromatic N) is 2. The predicted molar refractivity (Wildman–Crippen MR) is 113 cm³/mol. The summed E-state index contributed by atoms with van der Waals surface area (Å²) in [4.78, 5) is 28.6. The van der Waals surface area contributed by atoms with Crippen molar-refractivity contribution in [3.8, 4) is 0 Å². The van der Waals surface area contributed by atoms with E-state index in [2.05, 4.69) is 24.5 Å². The molecule has 1 unspecified atom stereocenters. The minimum Gasteiger partial charge on any atom is -0.342 e. The molecule has 0 radical (unpaired) electrons. The Morgan fingerprint density at radius 2 is 2.07 bits per heavy atom. The molecule has 2 heterocycles. The van der Waals surface area contributed by atoms with Crippen molar-refractivity contribution in [1.82, 2.24) is 20.4 Å². The number of nitrogens with one attached hydrogen (secondary N) is 3. The maximum absolute atomic E-state index is 13.3. The number of urea groups is 1. The largest absolute Gasteiger partial charge is 0.342 e. The van der Waals surface area contributed by atoms with Crippen LogP contribution in [0.15, 0.2) is 24.3 Å². The highest BCUT2D eigenvalue weighted by Gasteiger charge is 2.46. The number of rotatable bonds is 6. The van der Waals surface area contributed by atoms with Crippen LogP contribution in [0.1, 0.15) is 45.6 Å². The van der Waals surface area contributed by atoms with E-state index in [9.17, 15) is 14.0 Å². The lowest BCUT2D eigenvalue weighted by Gasteiger charge is -2.33. The Hall–Kier alpha value is -2.64. The summed E-state index contributed by atoms with van der Waals surface area (Å²) in [7, 11) is 0. The van der Waals surface area contributed by atoms with E-state index in [-0.39, 0.29) is 36.2 Å². The standard InChI is InChI=1S/C22H32FN5O2/c1-15(2)12-22(3)19(29)28(20(24)26-22)14-16-7-9-27(10-8-16)21(30)25-13-17-5-4-6-18(23)11-17/h4-6,11,15-16H,7-10,12-14H2,1-3H3,(H2,24,26)(H,25,30). The minimum absolute atomic E-state index is 0.0311. The van der Waals surface area contributed by atoms with Gasteiger partial charge in [0.1, 0.15) is 11.4 Å². The molecule has 1 aromatic carbocycles. The van der Waals surface area contributed by atoms with Crippen molar-refractivity contribution in [2.45, 2.75) is 52.1 Å². The number of carbonyl (C=O) groups is 2. The molecular weight excluding hydrogens is 385 g/mol. The molecule has 0 bridgehead atoms. The van der Waals surface area contributed by atoms with E-state index >= 15 is 0 Å². The highest BCUT2D eigenvalue weighted by atomic mass is 19.1. The number of carbonyl (C=O) groups excluding carboxylic acids is 2. The van der Waals surface area contributed by atoms with E-state index in [1.165, 1.54) is 12.1 Å². The van der Waals surface area contributed by atoms with Gasteiger partial charge in [-0.15, -0.1) is 0 Å². The van der Waals surface area contributed by atoms with Gasteiger partial charge in [0.15, 0.2) is 5.96 Å². The van der Waals surface area contributed by atoms with Crippen molar-refractivity contribution in [3.63, 3.8) is 0 Å². The lowest BCUT2D eigenvalue weighted by Crippen LogP contribution is -2.47. The molecule has 0 spiro atoms. The van der Waals surface area contributed by atoms with Gasteiger partial charge in [-0.1, -0.05) is 26.0 Å². The van der Waals surface area contributed by atoms with Crippen molar-refractivity contribution in [3.05, 3.63) is 35.6 Å². The van der Waals surface area contributed by atoms with Crippen LogP contribution in [0, 0.1) is 23.1 Å². The third-order valence-electron chi connectivity index (χ3n) is 5.87. The van der Waals surface area contributed by atoms with Crippen LogP contribution < -0.4 is 10.6 Å². The number of guanidine groups is 1. The van der Waals surface area contributed by atoms with Gasteiger partial charge in [0.2, 0.25) is 0 Å². The van der Waals surface area contributed by atoms with Gasteiger partial charge in [0.25, 0.3) is 5.91 Å². The minimum atomic E-state index is -0.706. The van der Waals surface area contributed by atoms with Crippen LogP contribution in [0.3, 0.4) is 0 Å². The number of likely N-dealkylation sites (tertiary alicyclic amines) is 1. The average Bonchev–Trinajstić information content (AvgIpc) is 2.89. The van der Waals surface area contributed by atoms with Gasteiger partial charge in [0, 0.05) is 26.2 Å². The quantitative estimate of drug-likeness (QED) is 0.665. The van der Waals surface area contributed by atoms with Gasteiger partial charge in [-0.2, -0.15) is 0 Å². The first-order valence-corrected chi connectivity index (χ1v) is 10.6. The lowest BCUT2D eigenvalue weighted by molar-refractivity contribution is -0.131. The van der Waals surface area contributed by atoms with Gasteiger partial charge < -0.3 is 15.5 Å². The molecule has 164 valence electrons. The molecule has 2 aliphatic heterocycles. The van der Waals surface area contributed by atoms with Crippen molar-refractivity contribution < 1.29 is 14.0 Å². The number of benzene rings is 1. The number of amides is 3. The molecule has 3 amide bonds. The molecule has 8 heteroatoms. The van der Waals surface area contributed by atoms with Gasteiger partial charge in [-0.3, -0.25) is 15.1 Å². The van der Waals surface area contributed by atoms with Crippen LogP contribution >= 0.6 is 0 Å². The summed E-state index contributed by atoms with van der Waals surface area (Å²) in [5, 5.41) is 14.1. The van der Waals surface area contributed by atoms with Crippen molar-refractivity contribution in [2.24, 2.45) is 11.8 Å². The predicted octanol–water partition coefficient (Wildman–Crippen LogP) is 2.92. The van der Waals surface area contributed by atoms with E-state index in [1.54, 1.807) is 21.9 Å². The first-order chi connectivity index (χ1) is 14.2. The van der Waals surface area contributed by atoms with Gasteiger partial charge in [-0.25, -0.2) is 9.18 Å². The van der Waals surface area contributed by atoms with E-state index in [0.717, 1.165) is 18.4 Å². The second-order valence-electron chi connectivity index (χ2n) is 9.04. The zero-order valence-corrected chi connectivity index (χ0v) is 18.0. The molecule has 7 nitrogen and oxygen atoms in total. The molecule has 2 aliphatic rings. The molecule has 2 fully saturated rings. The Balaban J connectivity index is 1.47. The fourth-order valence-electron chi connectivity index (χ4n) is 4.42. The summed E-state index contributed by atoms with van der Waals surface area (Å²) in [5.41, 5.74) is 0.0178. The van der Waals surface area contributed by atoms with Crippen LogP contribution in [0.4, 0.5) is 9.18 Å². The van der Waals surface area contributed by atoms with Gasteiger partial charge >= 0.3 is 6.03 Å². The Labute approximate surface area is 177 Å². The van der Waals surface area contributed by atoms with Crippen LogP contribution in [-0.2, 0) is 11.3 Å². The first kappa shape index (κ1) is 22.1. The summed E-state index contributed by atoms with van der Waals surface area (Å²) in [6, 6.07) is 6.03. The van der Waals surface area contributed by atoms with Crippen molar-refractivity contribution in [2.75, 3.05) is 19.6 Å². The Morgan fingerprint density at radius 1 is 1.37 bits per heavy atom. The Morgan fingerprint density at radius 3 is 2.70 bits per heavy atom. The Bertz CT molecular complexity index is 806. The zero-order chi connectivity index (χ0) is 21.9. The SMILES string of the molecule is CC(C)CC1(C)NC(=N)N(CC2CCN(C(=O)NCc3cccc(F)c3)CC2)C1=O. The van der Waals surface area contributed by atoms with E-state index in [1.807, 2.05) is 6.92 Å². The summed E-state index contributed by atoms with van der Waals surface area (Å²) in [6.45, 7) is 8.02. The summed E-state index contributed by atoms with van der Waals surface area (Å²) in [6.07, 6.45) is 2.26. The van der Waals surface area contributed by atoms with Crippen LogP contribution in [-0.4, -0.2) is 52.9 Å². The molecule has 0 saturated carbocycles. The molecular formula is C22H32FN5O2. The number of piperidine rings is 1. The van der Waals surface area contributed by atoms with E-state index in [4.69, 9.17) is 5.41 Å². The Kier molecular flexibility index (Phi) is 6.63. The maximum atomic E-state index is 13.3. The number of hydrogen-bond donors (Lipinski definition) is 3. The van der Waals surface area contributed by atoms with Gasteiger partial charge in [0.05, 0.1) is 0 Å². The summed E-state index contributed by atoms with van der Waals surface area (Å²) in [5.74, 6) is 0.441. The summed E-state index contributed by atoms with van der Waals surface area (Å²) < 4.78 is 13.3. The van der Waals surface area contributed by atoms with Crippen LogP contribution in [0.2, 0.25) is 0 Å². The van der Waals surface area contributed by atoms with Crippen LogP contribution in [0.25, 0.3) is 0 Å². The molecule has 3 rings (SSSR count). The molecule has 0 aliphatic carbocycles. The molecule has 3 N–H and O–H groups in total. The second-order valence-corrected chi connectivity index (χ2v) is 9.04. The lowest BCUT2D eigenvalue weighted by atomic mass is 9.90. The molecule has 30 heavy (non-hydrogen) atoms. The molecule has 1 aromatic rings. The molecule has 2 saturated heterocycles. The third kappa shape index (κ3) is 5.09. The highest BCUT2D eigenvalue weighted by Crippen LogP contribution is 2.27. The highest BCUT2D eigenvalue weighted by molar-refractivity contribution is 6.07. The smallest absolute Gasteiger partial charge is 0.317 e.